The summed E-state index contributed by atoms with van der Waals surface area (Å²) < 4.78 is 0. The average molecular weight is 268 g/mol. The molecule has 0 spiro atoms. The van der Waals surface area contributed by atoms with Crippen LogP contribution in [0.5, 0.6) is 0 Å². The molecule has 0 radical (unpaired) electrons. The van der Waals surface area contributed by atoms with Crippen molar-refractivity contribution < 1.29 is 10.0 Å². The minimum Gasteiger partial charge on any atom is -0.423 e. The number of aromatic amines is 1. The number of hydrogen-bond acceptors (Lipinski definition) is 4. The largest absolute Gasteiger partial charge is 0.488 e. The zero-order valence-electron chi connectivity index (χ0n) is 11.1. The minimum absolute atomic E-state index is 0.0518. The van der Waals surface area contributed by atoms with E-state index < -0.39 is 12.7 Å². The van der Waals surface area contributed by atoms with E-state index in [-0.39, 0.29) is 5.56 Å². The molecule has 100 valence electrons. The molecule has 0 unspecified atom stereocenters. The average Bonchev–Trinajstić information content (AvgIpc) is 2.37. The van der Waals surface area contributed by atoms with Gasteiger partial charge < -0.3 is 15.0 Å². The van der Waals surface area contributed by atoms with Crippen molar-refractivity contribution in [3.8, 4) is 17.2 Å². The molecular weight excluding hydrogens is 255 g/mol. The van der Waals surface area contributed by atoms with Gasteiger partial charge in [-0.05, 0) is 36.5 Å². The number of pyridine rings is 1. The van der Waals surface area contributed by atoms with E-state index in [1.165, 1.54) is 0 Å². The summed E-state index contributed by atoms with van der Waals surface area (Å²) in [4.78, 5) is 14.4. The maximum absolute atomic E-state index is 11.8. The first-order valence-corrected chi connectivity index (χ1v) is 6.05. The Hall–Kier alpha value is -2.36. The molecule has 1 aromatic carbocycles. The third-order valence-corrected chi connectivity index (χ3v) is 3.12. The van der Waals surface area contributed by atoms with E-state index >= 15 is 0 Å². The Morgan fingerprint density at radius 1 is 1.20 bits per heavy atom. The number of nitrogens with one attached hydrogen (secondary N) is 1. The van der Waals surface area contributed by atoms with Gasteiger partial charge in [0.2, 0.25) is 0 Å². The molecule has 0 bridgehead atoms. The Kier molecular flexibility index (Phi) is 3.75. The second-order valence-electron chi connectivity index (χ2n) is 4.63. The normalized spacial score (nSPS) is 10.2. The summed E-state index contributed by atoms with van der Waals surface area (Å²) in [6, 6.07) is 8.51. The van der Waals surface area contributed by atoms with Crippen LogP contribution in [0.4, 0.5) is 0 Å². The maximum atomic E-state index is 11.8. The first-order valence-electron chi connectivity index (χ1n) is 6.05. The van der Waals surface area contributed by atoms with Gasteiger partial charge in [0.25, 0.3) is 5.56 Å². The van der Waals surface area contributed by atoms with Gasteiger partial charge in [0, 0.05) is 11.3 Å². The number of aromatic nitrogens is 1. The lowest BCUT2D eigenvalue weighted by atomic mass is 9.78. The number of nitriles is 1. The van der Waals surface area contributed by atoms with Crippen molar-refractivity contribution in [2.24, 2.45) is 0 Å². The zero-order chi connectivity index (χ0) is 14.9. The number of aryl methyl sites for hydroxylation is 2. The Labute approximate surface area is 116 Å². The highest BCUT2D eigenvalue weighted by Gasteiger charge is 2.15. The summed E-state index contributed by atoms with van der Waals surface area (Å²) in [5.41, 5.74) is 2.69. The molecule has 5 nitrogen and oxygen atoms in total. The van der Waals surface area contributed by atoms with Gasteiger partial charge in [-0.3, -0.25) is 4.79 Å². The molecule has 1 aromatic heterocycles. The van der Waals surface area contributed by atoms with E-state index in [1.807, 2.05) is 6.07 Å². The van der Waals surface area contributed by atoms with Gasteiger partial charge in [-0.15, -0.1) is 0 Å². The Morgan fingerprint density at radius 3 is 2.45 bits per heavy atom. The SMILES string of the molecule is Cc1cc(-c2ccc(B(O)O)cc2C)c(C#N)c(=O)[nH]1. The van der Waals surface area contributed by atoms with Crippen LogP contribution < -0.4 is 11.0 Å². The van der Waals surface area contributed by atoms with Gasteiger partial charge in [-0.25, -0.2) is 0 Å². The van der Waals surface area contributed by atoms with E-state index in [1.54, 1.807) is 38.1 Å². The number of H-pyrrole nitrogens is 1. The van der Waals surface area contributed by atoms with Crippen molar-refractivity contribution >= 4 is 12.6 Å². The monoisotopic (exact) mass is 268 g/mol. The molecular formula is C14H13BN2O3. The minimum atomic E-state index is -1.54. The molecule has 0 amide bonds. The van der Waals surface area contributed by atoms with Gasteiger partial charge >= 0.3 is 7.12 Å². The van der Waals surface area contributed by atoms with Crippen molar-refractivity contribution in [3.05, 3.63) is 51.4 Å². The summed E-state index contributed by atoms with van der Waals surface area (Å²) in [7, 11) is -1.54. The first kappa shape index (κ1) is 14.1. The van der Waals surface area contributed by atoms with Gasteiger partial charge in [0.1, 0.15) is 11.6 Å². The fourth-order valence-corrected chi connectivity index (χ4v) is 2.16. The lowest BCUT2D eigenvalue weighted by molar-refractivity contribution is 0.426. The molecule has 6 heteroatoms. The van der Waals surface area contributed by atoms with E-state index in [9.17, 15) is 4.79 Å². The highest BCUT2D eigenvalue weighted by Crippen LogP contribution is 2.24. The highest BCUT2D eigenvalue weighted by molar-refractivity contribution is 6.58. The van der Waals surface area contributed by atoms with Crippen LogP contribution in [0.1, 0.15) is 16.8 Å². The van der Waals surface area contributed by atoms with Crippen molar-refractivity contribution in [3.63, 3.8) is 0 Å². The Bertz CT molecular complexity index is 760. The van der Waals surface area contributed by atoms with Crippen molar-refractivity contribution in [1.29, 1.82) is 5.26 Å². The van der Waals surface area contributed by atoms with E-state index in [4.69, 9.17) is 15.3 Å². The summed E-state index contributed by atoms with van der Waals surface area (Å²) in [5.74, 6) is 0. The number of rotatable bonds is 2. The smallest absolute Gasteiger partial charge is 0.423 e. The zero-order valence-corrected chi connectivity index (χ0v) is 11.1. The molecule has 0 saturated heterocycles. The quantitative estimate of drug-likeness (QED) is 0.678. The number of benzene rings is 1. The van der Waals surface area contributed by atoms with Gasteiger partial charge in [0.15, 0.2) is 0 Å². The molecule has 2 aromatic rings. The van der Waals surface area contributed by atoms with Gasteiger partial charge in [0.05, 0.1) is 0 Å². The number of nitrogens with zero attached hydrogens (tertiary/aromatic N) is 1. The second kappa shape index (κ2) is 5.33. The summed E-state index contributed by atoms with van der Waals surface area (Å²) >= 11 is 0. The lowest BCUT2D eigenvalue weighted by Crippen LogP contribution is -2.29. The first-order chi connectivity index (χ1) is 9.43. The maximum Gasteiger partial charge on any atom is 0.488 e. The standard InChI is InChI=1S/C14H13BN2O3/c1-8-5-10(15(19)20)3-4-11(8)12-6-9(2)17-14(18)13(12)7-16/h3-6,19-20H,1-2H3,(H,17,18). The Balaban J connectivity index is 2.70. The van der Waals surface area contributed by atoms with Crippen molar-refractivity contribution in [1.82, 2.24) is 4.98 Å². The molecule has 0 saturated carbocycles. The van der Waals surface area contributed by atoms with Crippen LogP contribution in [0.15, 0.2) is 29.1 Å². The fraction of sp³-hybridized carbons (Fsp3) is 0.143. The molecule has 3 N–H and O–H groups in total. The van der Waals surface area contributed by atoms with Crippen LogP contribution in [-0.2, 0) is 0 Å². The predicted octanol–water partition coefficient (Wildman–Crippen LogP) is 0.210. The number of hydrogen-bond donors (Lipinski definition) is 3. The summed E-state index contributed by atoms with van der Waals surface area (Å²) in [6.07, 6.45) is 0. The third kappa shape index (κ3) is 2.50. The molecule has 0 aliphatic carbocycles. The fourth-order valence-electron chi connectivity index (χ4n) is 2.16. The van der Waals surface area contributed by atoms with Crippen LogP contribution >= 0.6 is 0 Å². The molecule has 20 heavy (non-hydrogen) atoms. The lowest BCUT2D eigenvalue weighted by Gasteiger charge is -2.10. The molecule has 0 fully saturated rings. The Morgan fingerprint density at radius 2 is 1.90 bits per heavy atom. The summed E-state index contributed by atoms with van der Waals surface area (Å²) in [5, 5.41) is 27.4. The van der Waals surface area contributed by atoms with Crippen LogP contribution in [0.3, 0.4) is 0 Å². The van der Waals surface area contributed by atoms with Gasteiger partial charge in [-0.1, -0.05) is 18.2 Å². The van der Waals surface area contributed by atoms with Crippen LogP contribution in [0, 0.1) is 25.2 Å². The van der Waals surface area contributed by atoms with Gasteiger partial charge in [-0.2, -0.15) is 5.26 Å². The topological polar surface area (TPSA) is 97.1 Å². The highest BCUT2D eigenvalue weighted by atomic mass is 16.4. The summed E-state index contributed by atoms with van der Waals surface area (Å²) in [6.45, 7) is 3.53. The van der Waals surface area contributed by atoms with E-state index in [0.717, 1.165) is 11.1 Å². The second-order valence-corrected chi connectivity index (χ2v) is 4.63. The molecule has 0 aliphatic heterocycles. The molecule has 0 aliphatic rings. The van der Waals surface area contributed by atoms with E-state index in [0.29, 0.717) is 16.7 Å². The van der Waals surface area contributed by atoms with Crippen molar-refractivity contribution in [2.45, 2.75) is 13.8 Å². The molecule has 1 heterocycles. The molecule has 2 rings (SSSR count). The molecule has 0 atom stereocenters. The van der Waals surface area contributed by atoms with Crippen LogP contribution in [-0.4, -0.2) is 22.2 Å². The predicted molar refractivity (Wildman–Crippen MR) is 76.5 cm³/mol. The van der Waals surface area contributed by atoms with E-state index in [2.05, 4.69) is 4.98 Å². The van der Waals surface area contributed by atoms with Crippen LogP contribution in [0.25, 0.3) is 11.1 Å². The van der Waals surface area contributed by atoms with Crippen LogP contribution in [0.2, 0.25) is 0 Å². The van der Waals surface area contributed by atoms with Crippen molar-refractivity contribution in [2.75, 3.05) is 0 Å². The third-order valence-electron chi connectivity index (χ3n) is 3.12.